The van der Waals surface area contributed by atoms with Gasteiger partial charge in [0.25, 0.3) is 0 Å². The molecule has 6 aromatic rings. The van der Waals surface area contributed by atoms with Gasteiger partial charge in [-0.3, -0.25) is 0 Å². The minimum atomic E-state index is -0.218. The first-order valence-electron chi connectivity index (χ1n) is 16.1. The van der Waals surface area contributed by atoms with Crippen LogP contribution in [0.3, 0.4) is 0 Å². The molecule has 0 heterocycles. The lowest BCUT2D eigenvalue weighted by molar-refractivity contribution is 0.618. The zero-order valence-corrected chi connectivity index (χ0v) is 27.7. The maximum atomic E-state index is 14.0. The van der Waals surface area contributed by atoms with Gasteiger partial charge in [0.1, 0.15) is 17.5 Å². The molecule has 6 rings (SSSR count). The molecule has 0 spiro atoms. The average molecular weight is 648 g/mol. The van der Waals surface area contributed by atoms with E-state index in [4.69, 9.17) is 0 Å². The summed E-state index contributed by atoms with van der Waals surface area (Å²) in [5.41, 5.74) is 10.2. The van der Waals surface area contributed by atoms with Crippen LogP contribution in [0.4, 0.5) is 30.2 Å². The molecule has 0 atom stereocenters. The SMILES string of the molecule is Cc1ccc(/C=C/c2ccc(N(c3ccc(/C=C/c4ccc(C)c(F)c4)cc3)c3ccc(/C=C/c4ccc(C)c(F)c4)cc3)cc2)cc1F. The van der Waals surface area contributed by atoms with Gasteiger partial charge in [0, 0.05) is 17.1 Å². The molecule has 4 heteroatoms. The molecule has 0 unspecified atom stereocenters. The van der Waals surface area contributed by atoms with Crippen LogP contribution >= 0.6 is 0 Å². The second-order valence-electron chi connectivity index (χ2n) is 12.1. The predicted octanol–water partition coefficient (Wildman–Crippen LogP) is 13.0. The van der Waals surface area contributed by atoms with E-state index in [-0.39, 0.29) is 17.5 Å². The van der Waals surface area contributed by atoms with Crippen LogP contribution in [-0.2, 0) is 0 Å². The van der Waals surface area contributed by atoms with E-state index in [2.05, 4.69) is 41.3 Å². The van der Waals surface area contributed by atoms with Gasteiger partial charge in [0.15, 0.2) is 0 Å². The van der Waals surface area contributed by atoms with Crippen LogP contribution < -0.4 is 4.90 Å². The van der Waals surface area contributed by atoms with Gasteiger partial charge in [0.05, 0.1) is 0 Å². The number of hydrogen-bond acceptors (Lipinski definition) is 1. The van der Waals surface area contributed by atoms with Crippen molar-refractivity contribution in [3.63, 3.8) is 0 Å². The van der Waals surface area contributed by atoms with Crippen LogP contribution in [0.25, 0.3) is 36.5 Å². The Morgan fingerprint density at radius 3 is 0.796 bits per heavy atom. The van der Waals surface area contributed by atoms with Gasteiger partial charge in [-0.05, 0) is 125 Å². The fourth-order valence-electron chi connectivity index (χ4n) is 5.37. The Labute approximate surface area is 286 Å². The maximum Gasteiger partial charge on any atom is 0.126 e. The molecule has 0 aliphatic rings. The van der Waals surface area contributed by atoms with Crippen LogP contribution in [0.2, 0.25) is 0 Å². The molecule has 0 aliphatic carbocycles. The van der Waals surface area contributed by atoms with Crippen LogP contribution in [0.15, 0.2) is 127 Å². The number of aryl methyl sites for hydroxylation is 3. The van der Waals surface area contributed by atoms with Crippen molar-refractivity contribution < 1.29 is 13.2 Å². The molecular formula is C45H36F3N. The summed E-state index contributed by atoms with van der Waals surface area (Å²) in [7, 11) is 0. The standard InChI is InChI=1S/C45H36F3N/c1-31-4-7-37(28-43(31)46)13-10-34-16-22-40(23-17-34)49(41-24-18-35(19-25-41)11-14-38-8-5-32(2)44(47)29-38)42-26-20-36(21-27-42)12-15-39-9-6-33(3)45(48)30-39/h4-30H,1-3H3/b13-10+,14-11+,15-12+. The summed E-state index contributed by atoms with van der Waals surface area (Å²) < 4.78 is 42.1. The Balaban J connectivity index is 1.27. The minimum Gasteiger partial charge on any atom is -0.311 e. The molecule has 0 saturated heterocycles. The summed E-state index contributed by atoms with van der Waals surface area (Å²) in [6, 6.07) is 40.3. The average Bonchev–Trinajstić information content (AvgIpc) is 3.11. The molecule has 0 radical (unpaired) electrons. The largest absolute Gasteiger partial charge is 0.311 e. The van der Waals surface area contributed by atoms with Gasteiger partial charge in [-0.1, -0.05) is 109 Å². The Morgan fingerprint density at radius 1 is 0.327 bits per heavy atom. The fourth-order valence-corrected chi connectivity index (χ4v) is 5.37. The third-order valence-corrected chi connectivity index (χ3v) is 8.45. The Morgan fingerprint density at radius 2 is 0.551 bits per heavy atom. The molecule has 242 valence electrons. The molecule has 6 aromatic carbocycles. The summed E-state index contributed by atoms with van der Waals surface area (Å²) in [4.78, 5) is 2.18. The number of nitrogens with zero attached hydrogens (tertiary/aromatic N) is 1. The first kappa shape index (κ1) is 33.0. The quantitative estimate of drug-likeness (QED) is 0.141. The molecule has 0 amide bonds. The highest BCUT2D eigenvalue weighted by molar-refractivity contribution is 5.80. The normalized spacial score (nSPS) is 11.6. The number of anilines is 3. The Kier molecular flexibility index (Phi) is 10.1. The zero-order valence-electron chi connectivity index (χ0n) is 27.7. The number of rotatable bonds is 9. The number of halogens is 3. The molecule has 0 N–H and O–H groups in total. The number of hydrogen-bond donors (Lipinski definition) is 0. The van der Waals surface area contributed by atoms with Crippen LogP contribution in [0, 0.1) is 38.2 Å². The maximum absolute atomic E-state index is 14.0. The third-order valence-electron chi connectivity index (χ3n) is 8.45. The van der Waals surface area contributed by atoms with Crippen molar-refractivity contribution in [3.05, 3.63) is 195 Å². The van der Waals surface area contributed by atoms with Crippen LogP contribution in [0.1, 0.15) is 50.1 Å². The highest BCUT2D eigenvalue weighted by Gasteiger charge is 2.12. The van der Waals surface area contributed by atoms with E-state index in [0.29, 0.717) is 16.7 Å². The lowest BCUT2D eigenvalue weighted by Gasteiger charge is -2.26. The van der Waals surface area contributed by atoms with Crippen molar-refractivity contribution in [1.29, 1.82) is 0 Å². The van der Waals surface area contributed by atoms with Crippen molar-refractivity contribution in [2.75, 3.05) is 4.90 Å². The number of benzene rings is 6. The highest BCUT2D eigenvalue weighted by Crippen LogP contribution is 2.35. The van der Waals surface area contributed by atoms with Crippen molar-refractivity contribution in [2.45, 2.75) is 20.8 Å². The van der Waals surface area contributed by atoms with Gasteiger partial charge in [-0.2, -0.15) is 0 Å². The van der Waals surface area contributed by atoms with E-state index >= 15 is 0 Å². The van der Waals surface area contributed by atoms with Gasteiger partial charge in [0.2, 0.25) is 0 Å². The van der Waals surface area contributed by atoms with Crippen LogP contribution in [0.5, 0.6) is 0 Å². The lowest BCUT2D eigenvalue weighted by atomic mass is 10.1. The molecule has 1 nitrogen and oxygen atoms in total. The molecule has 0 aromatic heterocycles. The van der Waals surface area contributed by atoms with E-state index in [1.54, 1.807) is 39.0 Å². The smallest absolute Gasteiger partial charge is 0.126 e. The Hall–Kier alpha value is -5.87. The minimum absolute atomic E-state index is 0.218. The van der Waals surface area contributed by atoms with E-state index in [9.17, 15) is 13.2 Å². The molecule has 49 heavy (non-hydrogen) atoms. The van der Waals surface area contributed by atoms with Crippen molar-refractivity contribution in [2.24, 2.45) is 0 Å². The first-order valence-corrected chi connectivity index (χ1v) is 16.1. The van der Waals surface area contributed by atoms with E-state index in [0.717, 1.165) is 50.4 Å². The summed E-state index contributed by atoms with van der Waals surface area (Å²) in [6.45, 7) is 5.26. The molecule has 0 saturated carbocycles. The molecular weight excluding hydrogens is 611 g/mol. The summed E-state index contributed by atoms with van der Waals surface area (Å²) in [5.74, 6) is -0.655. The van der Waals surface area contributed by atoms with Crippen molar-refractivity contribution in [1.82, 2.24) is 0 Å². The molecule has 0 fully saturated rings. The second-order valence-corrected chi connectivity index (χ2v) is 12.1. The van der Waals surface area contributed by atoms with Crippen LogP contribution in [-0.4, -0.2) is 0 Å². The van der Waals surface area contributed by atoms with Gasteiger partial charge in [-0.15, -0.1) is 0 Å². The van der Waals surface area contributed by atoms with Gasteiger partial charge < -0.3 is 4.90 Å². The summed E-state index contributed by atoms with van der Waals surface area (Å²) in [5, 5.41) is 0. The molecule has 0 bridgehead atoms. The summed E-state index contributed by atoms with van der Waals surface area (Å²) in [6.07, 6.45) is 11.6. The topological polar surface area (TPSA) is 3.24 Å². The van der Waals surface area contributed by atoms with E-state index < -0.39 is 0 Å². The van der Waals surface area contributed by atoms with Gasteiger partial charge in [-0.25, -0.2) is 13.2 Å². The fraction of sp³-hybridized carbons (Fsp3) is 0.0667. The highest BCUT2D eigenvalue weighted by atomic mass is 19.1. The van der Waals surface area contributed by atoms with E-state index in [1.165, 1.54) is 18.2 Å². The molecule has 0 aliphatic heterocycles. The second kappa shape index (κ2) is 14.9. The first-order chi connectivity index (χ1) is 23.7. The van der Waals surface area contributed by atoms with Gasteiger partial charge >= 0.3 is 0 Å². The van der Waals surface area contributed by atoms with Crippen molar-refractivity contribution in [3.8, 4) is 0 Å². The Bertz CT molecular complexity index is 1910. The lowest BCUT2D eigenvalue weighted by Crippen LogP contribution is -2.09. The predicted molar refractivity (Wildman–Crippen MR) is 201 cm³/mol. The third kappa shape index (κ3) is 8.35. The van der Waals surface area contributed by atoms with Crippen molar-refractivity contribution >= 4 is 53.5 Å². The van der Waals surface area contributed by atoms with E-state index in [1.807, 2.05) is 91.1 Å². The summed E-state index contributed by atoms with van der Waals surface area (Å²) >= 11 is 0. The zero-order chi connectivity index (χ0) is 34.3. The monoisotopic (exact) mass is 647 g/mol.